The second-order valence-corrected chi connectivity index (χ2v) is 8.52. The second kappa shape index (κ2) is 10.4. The van der Waals surface area contributed by atoms with E-state index in [9.17, 15) is 4.79 Å². The van der Waals surface area contributed by atoms with E-state index in [2.05, 4.69) is 55.7 Å². The van der Waals surface area contributed by atoms with E-state index in [4.69, 9.17) is 0 Å². The minimum absolute atomic E-state index is 0.00555. The third kappa shape index (κ3) is 5.49. The Labute approximate surface area is 181 Å². The number of H-pyrrole nitrogens is 1. The van der Waals surface area contributed by atoms with Crippen LogP contribution in [0.1, 0.15) is 40.7 Å². The van der Waals surface area contributed by atoms with Crippen molar-refractivity contribution in [3.05, 3.63) is 77.6 Å². The summed E-state index contributed by atoms with van der Waals surface area (Å²) in [6.07, 6.45) is 5.05. The first kappa shape index (κ1) is 20.6. The lowest BCUT2D eigenvalue weighted by Gasteiger charge is -2.36. The Hall–Kier alpha value is -2.64. The zero-order valence-corrected chi connectivity index (χ0v) is 17.8. The SMILES string of the molecule is O=C(NCC1CCCCN1Cc1ccccc1)c1ccccc1CSc1ncn[nH]1. The molecular weight excluding hydrogens is 394 g/mol. The molecule has 3 aromatic rings. The molecule has 2 aromatic carbocycles. The molecule has 1 amide bonds. The summed E-state index contributed by atoms with van der Waals surface area (Å²) in [5.41, 5.74) is 3.06. The van der Waals surface area contributed by atoms with Crippen LogP contribution < -0.4 is 5.32 Å². The van der Waals surface area contributed by atoms with Crippen molar-refractivity contribution in [2.75, 3.05) is 13.1 Å². The van der Waals surface area contributed by atoms with Gasteiger partial charge in [-0.15, -0.1) is 0 Å². The lowest BCUT2D eigenvalue weighted by atomic mass is 10.0. The number of hydrogen-bond acceptors (Lipinski definition) is 5. The molecule has 2 heterocycles. The minimum atomic E-state index is -0.00555. The lowest BCUT2D eigenvalue weighted by Crippen LogP contribution is -2.46. The molecule has 1 unspecified atom stereocenters. The predicted molar refractivity (Wildman–Crippen MR) is 119 cm³/mol. The van der Waals surface area contributed by atoms with Gasteiger partial charge in [-0.3, -0.25) is 14.8 Å². The molecule has 1 atom stereocenters. The predicted octanol–water partition coefficient (Wildman–Crippen LogP) is 3.88. The highest BCUT2D eigenvalue weighted by atomic mass is 32.2. The highest BCUT2D eigenvalue weighted by Crippen LogP contribution is 2.22. The van der Waals surface area contributed by atoms with Gasteiger partial charge in [0, 0.05) is 30.4 Å². The molecule has 0 aliphatic carbocycles. The second-order valence-electron chi connectivity index (χ2n) is 7.55. The molecule has 0 spiro atoms. The van der Waals surface area contributed by atoms with Crippen LogP contribution in [0.5, 0.6) is 0 Å². The number of nitrogens with zero attached hydrogens (tertiary/aromatic N) is 3. The van der Waals surface area contributed by atoms with Gasteiger partial charge < -0.3 is 5.32 Å². The topological polar surface area (TPSA) is 73.9 Å². The standard InChI is InChI=1S/C23H27N5OS/c29-22(21-12-5-4-10-19(21)16-30-23-25-17-26-27-23)24-14-20-11-6-7-13-28(20)15-18-8-2-1-3-9-18/h1-5,8-10,12,17,20H,6-7,11,13-16H2,(H,24,29)(H,25,26,27). The molecule has 1 aliphatic rings. The fourth-order valence-corrected chi connectivity index (χ4v) is 4.68. The normalized spacial score (nSPS) is 17.0. The van der Waals surface area contributed by atoms with E-state index in [1.165, 1.54) is 24.7 Å². The summed E-state index contributed by atoms with van der Waals surface area (Å²) in [7, 11) is 0. The number of likely N-dealkylation sites (tertiary alicyclic amines) is 1. The molecule has 0 radical (unpaired) electrons. The molecule has 0 bridgehead atoms. The van der Waals surface area contributed by atoms with E-state index < -0.39 is 0 Å². The Balaban J connectivity index is 1.36. The number of piperidine rings is 1. The summed E-state index contributed by atoms with van der Waals surface area (Å²) in [6, 6.07) is 18.7. The Morgan fingerprint density at radius 2 is 1.97 bits per heavy atom. The third-order valence-electron chi connectivity index (χ3n) is 5.50. The number of nitrogens with one attached hydrogen (secondary N) is 2. The third-order valence-corrected chi connectivity index (χ3v) is 6.42. The maximum atomic E-state index is 13.0. The number of rotatable bonds is 8. The molecule has 7 heteroatoms. The molecule has 4 rings (SSSR count). The van der Waals surface area contributed by atoms with E-state index in [1.54, 1.807) is 11.8 Å². The fourth-order valence-electron chi connectivity index (χ4n) is 3.90. The first-order valence-corrected chi connectivity index (χ1v) is 11.4. The number of carbonyl (C=O) groups is 1. The first-order valence-electron chi connectivity index (χ1n) is 10.4. The number of amides is 1. The zero-order chi connectivity index (χ0) is 20.6. The van der Waals surface area contributed by atoms with Crippen LogP contribution in [0.3, 0.4) is 0 Å². The number of thioether (sulfide) groups is 1. The van der Waals surface area contributed by atoms with Crippen LogP contribution in [0.2, 0.25) is 0 Å². The molecule has 0 saturated carbocycles. The Morgan fingerprint density at radius 3 is 2.80 bits per heavy atom. The van der Waals surface area contributed by atoms with Gasteiger partial charge in [0.05, 0.1) is 0 Å². The van der Waals surface area contributed by atoms with Crippen molar-refractivity contribution in [1.29, 1.82) is 0 Å². The van der Waals surface area contributed by atoms with Gasteiger partial charge in [0.25, 0.3) is 5.91 Å². The van der Waals surface area contributed by atoms with E-state index in [0.29, 0.717) is 18.3 Å². The van der Waals surface area contributed by atoms with E-state index in [0.717, 1.165) is 35.8 Å². The van der Waals surface area contributed by atoms with E-state index in [-0.39, 0.29) is 5.91 Å². The van der Waals surface area contributed by atoms with Crippen LogP contribution in [0.4, 0.5) is 0 Å². The van der Waals surface area contributed by atoms with Crippen molar-refractivity contribution in [2.24, 2.45) is 0 Å². The summed E-state index contributed by atoms with van der Waals surface area (Å²) in [5, 5.41) is 10.7. The molecule has 1 aliphatic heterocycles. The fraction of sp³-hybridized carbons (Fsp3) is 0.348. The van der Waals surface area contributed by atoms with Crippen LogP contribution in [-0.2, 0) is 12.3 Å². The average molecular weight is 422 g/mol. The smallest absolute Gasteiger partial charge is 0.251 e. The van der Waals surface area contributed by atoms with Crippen LogP contribution in [0.25, 0.3) is 0 Å². The van der Waals surface area contributed by atoms with Crippen molar-refractivity contribution < 1.29 is 4.79 Å². The summed E-state index contributed by atoms with van der Waals surface area (Å²) >= 11 is 1.54. The first-order chi connectivity index (χ1) is 14.8. The largest absolute Gasteiger partial charge is 0.350 e. The number of aromatic nitrogens is 3. The molecule has 2 N–H and O–H groups in total. The monoisotopic (exact) mass is 421 g/mol. The number of carbonyl (C=O) groups excluding carboxylic acids is 1. The zero-order valence-electron chi connectivity index (χ0n) is 17.0. The molecule has 156 valence electrons. The molecule has 30 heavy (non-hydrogen) atoms. The van der Waals surface area contributed by atoms with Crippen molar-refractivity contribution in [3.63, 3.8) is 0 Å². The highest BCUT2D eigenvalue weighted by molar-refractivity contribution is 7.98. The van der Waals surface area contributed by atoms with Gasteiger partial charge in [-0.2, -0.15) is 5.10 Å². The molecule has 1 saturated heterocycles. The van der Waals surface area contributed by atoms with Crippen LogP contribution in [0.15, 0.2) is 66.1 Å². The molecule has 1 fully saturated rings. The van der Waals surface area contributed by atoms with Crippen molar-refractivity contribution >= 4 is 17.7 Å². The maximum absolute atomic E-state index is 13.0. The Bertz CT molecular complexity index is 932. The maximum Gasteiger partial charge on any atom is 0.251 e. The Morgan fingerprint density at radius 1 is 1.13 bits per heavy atom. The van der Waals surface area contributed by atoms with Crippen molar-refractivity contribution in [2.45, 2.75) is 42.8 Å². The van der Waals surface area contributed by atoms with Crippen LogP contribution in [0, 0.1) is 0 Å². The van der Waals surface area contributed by atoms with Crippen molar-refractivity contribution in [3.8, 4) is 0 Å². The van der Waals surface area contributed by atoms with Gasteiger partial charge in [-0.05, 0) is 36.6 Å². The van der Waals surface area contributed by atoms with Crippen LogP contribution >= 0.6 is 11.8 Å². The van der Waals surface area contributed by atoms with Crippen molar-refractivity contribution in [1.82, 2.24) is 25.4 Å². The van der Waals surface area contributed by atoms with E-state index in [1.807, 2.05) is 24.3 Å². The van der Waals surface area contributed by atoms with E-state index >= 15 is 0 Å². The quantitative estimate of drug-likeness (QED) is 0.540. The summed E-state index contributed by atoms with van der Waals surface area (Å²) in [6.45, 7) is 2.70. The molecular formula is C23H27N5OS. The van der Waals surface area contributed by atoms with Gasteiger partial charge in [0.2, 0.25) is 0 Å². The number of hydrogen-bond donors (Lipinski definition) is 2. The highest BCUT2D eigenvalue weighted by Gasteiger charge is 2.23. The summed E-state index contributed by atoms with van der Waals surface area (Å²) in [5.74, 6) is 0.663. The average Bonchev–Trinajstić information content (AvgIpc) is 3.31. The number of aromatic amines is 1. The van der Waals surface area contributed by atoms with Gasteiger partial charge in [-0.1, -0.05) is 66.7 Å². The lowest BCUT2D eigenvalue weighted by molar-refractivity contribution is 0.0907. The Kier molecular flexibility index (Phi) is 7.16. The number of benzene rings is 2. The van der Waals surface area contributed by atoms with Gasteiger partial charge >= 0.3 is 0 Å². The molecule has 1 aromatic heterocycles. The summed E-state index contributed by atoms with van der Waals surface area (Å²) in [4.78, 5) is 19.6. The molecule has 6 nitrogen and oxygen atoms in total. The van der Waals surface area contributed by atoms with Gasteiger partial charge in [0.1, 0.15) is 6.33 Å². The van der Waals surface area contributed by atoms with Crippen LogP contribution in [-0.4, -0.2) is 45.1 Å². The summed E-state index contributed by atoms with van der Waals surface area (Å²) < 4.78 is 0. The minimum Gasteiger partial charge on any atom is -0.350 e. The van der Waals surface area contributed by atoms with Gasteiger partial charge in [-0.25, -0.2) is 4.98 Å². The van der Waals surface area contributed by atoms with Gasteiger partial charge in [0.15, 0.2) is 5.16 Å².